The van der Waals surface area contributed by atoms with Crippen LogP contribution in [0.5, 0.6) is 0 Å². The smallest absolute Gasteiger partial charge is 0.205 e. The molecule has 1 fully saturated rings. The van der Waals surface area contributed by atoms with Gasteiger partial charge in [0, 0.05) is 4.47 Å². The predicted molar refractivity (Wildman–Crippen MR) is 50.8 cm³/mol. The minimum Gasteiger partial charge on any atom is -0.205 e. The van der Waals surface area contributed by atoms with E-state index in [2.05, 4.69) is 24.5 Å². The molecule has 0 atom stereocenters. The van der Waals surface area contributed by atoms with Crippen LogP contribution in [0, 0.1) is 5.82 Å². The van der Waals surface area contributed by atoms with E-state index in [1.165, 1.54) is 12.1 Å². The molecule has 1 heterocycles. The first kappa shape index (κ1) is 10.8. The van der Waals surface area contributed by atoms with Crippen molar-refractivity contribution in [2.75, 3.05) is 5.17 Å². The van der Waals surface area contributed by atoms with Crippen LogP contribution in [-0.4, -0.2) is 8.42 Å². The van der Waals surface area contributed by atoms with Crippen LogP contribution in [0.4, 0.5) is 10.1 Å². The van der Waals surface area contributed by atoms with Gasteiger partial charge in [-0.05, 0) is 18.2 Å². The fraction of sp³-hybridized carbons (Fsp3) is 0. The van der Waals surface area contributed by atoms with Gasteiger partial charge in [-0.1, -0.05) is 21.5 Å². The Balaban J connectivity index is 2.32. The summed E-state index contributed by atoms with van der Waals surface area (Å²) in [5.41, 5.74) is 1.78. The highest BCUT2D eigenvalue weighted by Crippen LogP contribution is 2.25. The number of nitrogens with zero attached hydrogens (tertiary/aromatic N) is 1. The van der Waals surface area contributed by atoms with Gasteiger partial charge in [0.05, 0.1) is 0 Å². The Labute approximate surface area is 92.9 Å². The number of hydrazine groups is 1. The third-order valence-corrected chi connectivity index (χ3v) is 2.62. The van der Waals surface area contributed by atoms with Crippen molar-refractivity contribution in [3.05, 3.63) is 28.5 Å². The van der Waals surface area contributed by atoms with Gasteiger partial charge in [-0.25, -0.2) is 4.39 Å². The van der Waals surface area contributed by atoms with Gasteiger partial charge in [0.25, 0.3) is 0 Å². The third-order valence-electron chi connectivity index (χ3n) is 1.52. The van der Waals surface area contributed by atoms with Gasteiger partial charge >= 0.3 is 10.4 Å². The lowest BCUT2D eigenvalue weighted by Crippen LogP contribution is -2.29. The molecule has 9 heteroatoms. The molecule has 82 valence electrons. The van der Waals surface area contributed by atoms with Gasteiger partial charge in [0.1, 0.15) is 5.69 Å². The monoisotopic (exact) mass is 298 g/mol. The largest absolute Gasteiger partial charge is 0.440 e. The highest BCUT2D eigenvalue weighted by Gasteiger charge is 2.30. The fourth-order valence-electron chi connectivity index (χ4n) is 0.937. The summed E-state index contributed by atoms with van der Waals surface area (Å²) in [6, 6.07) is 4.00. The first-order valence-corrected chi connectivity index (χ1v) is 5.74. The van der Waals surface area contributed by atoms with Crippen LogP contribution >= 0.6 is 15.9 Å². The lowest BCUT2D eigenvalue weighted by Gasteiger charge is -2.11. The van der Waals surface area contributed by atoms with Crippen molar-refractivity contribution >= 4 is 32.0 Å². The first-order valence-electron chi connectivity index (χ1n) is 3.62. The molecule has 0 aliphatic carbocycles. The summed E-state index contributed by atoms with van der Waals surface area (Å²) >= 11 is 3.06. The molecule has 1 N–H and O–H groups in total. The molecule has 0 radical (unpaired) electrons. The summed E-state index contributed by atoms with van der Waals surface area (Å²) in [5.74, 6) is -0.669. The zero-order chi connectivity index (χ0) is 11.1. The van der Waals surface area contributed by atoms with Crippen molar-refractivity contribution in [3.8, 4) is 0 Å². The second-order valence-electron chi connectivity index (χ2n) is 2.55. The Morgan fingerprint density at radius 1 is 1.47 bits per heavy atom. The van der Waals surface area contributed by atoms with Crippen LogP contribution in [0.1, 0.15) is 0 Å². The Bertz CT molecular complexity index is 494. The summed E-state index contributed by atoms with van der Waals surface area (Å²) in [6.07, 6.45) is 0. The van der Waals surface area contributed by atoms with Crippen molar-refractivity contribution in [1.29, 1.82) is 0 Å². The first-order chi connectivity index (χ1) is 6.98. The number of halogens is 2. The molecule has 1 aromatic rings. The summed E-state index contributed by atoms with van der Waals surface area (Å²) in [7, 11) is -4.13. The van der Waals surface area contributed by atoms with E-state index >= 15 is 0 Å². The third kappa shape index (κ3) is 2.26. The number of nitrogens with one attached hydrogen (secondary N) is 1. The van der Waals surface area contributed by atoms with E-state index in [1.807, 2.05) is 5.59 Å². The number of anilines is 1. The molecule has 0 bridgehead atoms. The predicted octanol–water partition coefficient (Wildman–Crippen LogP) is 1.02. The van der Waals surface area contributed by atoms with E-state index in [1.54, 1.807) is 0 Å². The SMILES string of the molecule is O=S1(=O)ONN(c2ccc(Br)cc2F)O1. The van der Waals surface area contributed by atoms with E-state index in [4.69, 9.17) is 0 Å². The number of benzene rings is 1. The maximum atomic E-state index is 13.3. The quantitative estimate of drug-likeness (QED) is 0.835. The van der Waals surface area contributed by atoms with Gasteiger partial charge in [-0.3, -0.25) is 0 Å². The summed E-state index contributed by atoms with van der Waals surface area (Å²) in [6.45, 7) is 0. The molecule has 0 unspecified atom stereocenters. The van der Waals surface area contributed by atoms with Crippen molar-refractivity contribution in [2.24, 2.45) is 0 Å². The molecule has 1 aliphatic heterocycles. The van der Waals surface area contributed by atoms with Crippen molar-refractivity contribution in [2.45, 2.75) is 0 Å². The molecule has 1 aromatic carbocycles. The standard InChI is InChI=1S/C6H4BrFN2O4S/c7-4-1-2-6(5(8)3-4)10-9-13-15(11,12)14-10/h1-3,9H. The Morgan fingerprint density at radius 2 is 2.20 bits per heavy atom. The van der Waals surface area contributed by atoms with E-state index in [-0.39, 0.29) is 5.69 Å². The zero-order valence-electron chi connectivity index (χ0n) is 6.98. The Hall–Kier alpha value is -0.740. The van der Waals surface area contributed by atoms with Gasteiger partial charge < -0.3 is 0 Å². The van der Waals surface area contributed by atoms with Crippen LogP contribution in [0.2, 0.25) is 0 Å². The van der Waals surface area contributed by atoms with E-state index in [0.29, 0.717) is 9.64 Å². The average molecular weight is 299 g/mol. The molecule has 2 rings (SSSR count). The van der Waals surface area contributed by atoms with Crippen LogP contribution in [-0.2, 0) is 19.0 Å². The van der Waals surface area contributed by atoms with Crippen molar-refractivity contribution < 1.29 is 21.4 Å². The van der Waals surface area contributed by atoms with Crippen LogP contribution in [0.3, 0.4) is 0 Å². The van der Waals surface area contributed by atoms with Crippen LogP contribution in [0.25, 0.3) is 0 Å². The number of hydrogen-bond acceptors (Lipinski definition) is 6. The molecule has 0 spiro atoms. The maximum absolute atomic E-state index is 13.3. The van der Waals surface area contributed by atoms with Crippen LogP contribution < -0.4 is 10.8 Å². The molecule has 0 saturated carbocycles. The molecular weight excluding hydrogens is 295 g/mol. The molecule has 6 nitrogen and oxygen atoms in total. The normalized spacial score (nSPS) is 19.5. The molecular formula is C6H4BrFN2O4S. The number of rotatable bonds is 1. The molecule has 15 heavy (non-hydrogen) atoms. The van der Waals surface area contributed by atoms with Gasteiger partial charge in [-0.15, -0.1) is 13.7 Å². The second-order valence-corrected chi connectivity index (χ2v) is 4.60. The minimum atomic E-state index is -4.13. The highest BCUT2D eigenvalue weighted by molar-refractivity contribution is 9.10. The lowest BCUT2D eigenvalue weighted by molar-refractivity contribution is 0.196. The fourth-order valence-corrected chi connectivity index (χ4v) is 1.75. The van der Waals surface area contributed by atoms with Crippen molar-refractivity contribution in [1.82, 2.24) is 5.59 Å². The van der Waals surface area contributed by atoms with E-state index in [0.717, 1.165) is 6.07 Å². The van der Waals surface area contributed by atoms with Gasteiger partial charge in [0.15, 0.2) is 5.82 Å². The summed E-state index contributed by atoms with van der Waals surface area (Å²) < 4.78 is 43.6. The Morgan fingerprint density at radius 3 is 2.73 bits per heavy atom. The minimum absolute atomic E-state index is 0.112. The molecule has 0 aromatic heterocycles. The summed E-state index contributed by atoms with van der Waals surface area (Å²) in [5, 5.41) is 0.567. The zero-order valence-corrected chi connectivity index (χ0v) is 9.38. The highest BCUT2D eigenvalue weighted by atomic mass is 79.9. The Kier molecular flexibility index (Phi) is 2.64. The van der Waals surface area contributed by atoms with Gasteiger partial charge in [0.2, 0.25) is 0 Å². The molecule has 0 amide bonds. The number of hydrogen-bond donors (Lipinski definition) is 1. The second kappa shape index (κ2) is 3.68. The summed E-state index contributed by atoms with van der Waals surface area (Å²) in [4.78, 5) is 0. The lowest BCUT2D eigenvalue weighted by atomic mass is 10.3. The van der Waals surface area contributed by atoms with Crippen molar-refractivity contribution in [3.63, 3.8) is 0 Å². The topological polar surface area (TPSA) is 67.9 Å². The van der Waals surface area contributed by atoms with E-state index < -0.39 is 16.2 Å². The maximum Gasteiger partial charge on any atom is 0.440 e. The molecule has 1 saturated heterocycles. The van der Waals surface area contributed by atoms with E-state index in [9.17, 15) is 12.8 Å². The average Bonchev–Trinajstić information content (AvgIpc) is 2.46. The van der Waals surface area contributed by atoms with Gasteiger partial charge in [-0.2, -0.15) is 8.42 Å². The molecule has 1 aliphatic rings. The van der Waals surface area contributed by atoms with Crippen LogP contribution in [0.15, 0.2) is 22.7 Å².